The van der Waals surface area contributed by atoms with E-state index in [4.69, 9.17) is 11.0 Å². The standard InChI is InChI=1S/C12H14N2/c1-8-5-9(7-13)6-11-10(8)3-2-4-12(11)14/h5-6,12H,2-4,14H2,1H3. The molecule has 2 rings (SSSR count). The van der Waals surface area contributed by atoms with Crippen molar-refractivity contribution in [1.29, 1.82) is 5.26 Å². The minimum atomic E-state index is 0.130. The van der Waals surface area contributed by atoms with E-state index in [0.29, 0.717) is 0 Å². The lowest BCUT2D eigenvalue weighted by Gasteiger charge is -2.24. The average molecular weight is 186 g/mol. The summed E-state index contributed by atoms with van der Waals surface area (Å²) in [6.45, 7) is 2.07. The molecule has 0 aromatic heterocycles. The molecule has 2 heteroatoms. The Labute approximate surface area is 84.3 Å². The summed E-state index contributed by atoms with van der Waals surface area (Å²) in [5.74, 6) is 0. The lowest BCUT2D eigenvalue weighted by Crippen LogP contribution is -2.18. The van der Waals surface area contributed by atoms with Crippen LogP contribution >= 0.6 is 0 Å². The quantitative estimate of drug-likeness (QED) is 0.675. The Morgan fingerprint density at radius 2 is 2.29 bits per heavy atom. The molecule has 14 heavy (non-hydrogen) atoms. The fourth-order valence-electron chi connectivity index (χ4n) is 2.24. The van der Waals surface area contributed by atoms with Crippen LogP contribution in [0.3, 0.4) is 0 Å². The third-order valence-electron chi connectivity index (χ3n) is 2.98. The van der Waals surface area contributed by atoms with Crippen LogP contribution in [0.1, 0.15) is 41.1 Å². The first-order valence-electron chi connectivity index (χ1n) is 5.01. The first kappa shape index (κ1) is 9.23. The molecular formula is C12H14N2. The highest BCUT2D eigenvalue weighted by molar-refractivity contribution is 5.45. The van der Waals surface area contributed by atoms with E-state index in [-0.39, 0.29) is 6.04 Å². The number of fused-ring (bicyclic) bond motifs is 1. The van der Waals surface area contributed by atoms with Crippen LogP contribution in [0, 0.1) is 18.3 Å². The number of aryl methyl sites for hydroxylation is 1. The number of nitrogens with zero attached hydrogens (tertiary/aromatic N) is 1. The monoisotopic (exact) mass is 186 g/mol. The van der Waals surface area contributed by atoms with Crippen molar-refractivity contribution in [3.05, 3.63) is 34.4 Å². The van der Waals surface area contributed by atoms with Gasteiger partial charge in [-0.2, -0.15) is 5.26 Å². The molecule has 1 aliphatic carbocycles. The molecule has 0 spiro atoms. The van der Waals surface area contributed by atoms with Crippen LogP contribution in [-0.2, 0) is 6.42 Å². The summed E-state index contributed by atoms with van der Waals surface area (Å²) in [5.41, 5.74) is 10.5. The van der Waals surface area contributed by atoms with Crippen molar-refractivity contribution in [3.63, 3.8) is 0 Å². The van der Waals surface area contributed by atoms with E-state index in [1.54, 1.807) is 0 Å². The van der Waals surface area contributed by atoms with Crippen molar-refractivity contribution in [2.24, 2.45) is 5.73 Å². The maximum atomic E-state index is 8.86. The molecule has 0 saturated carbocycles. The largest absolute Gasteiger partial charge is 0.324 e. The minimum Gasteiger partial charge on any atom is -0.324 e. The summed E-state index contributed by atoms with van der Waals surface area (Å²) in [7, 11) is 0. The van der Waals surface area contributed by atoms with Gasteiger partial charge in [-0.25, -0.2) is 0 Å². The zero-order valence-electron chi connectivity index (χ0n) is 8.38. The molecule has 1 aliphatic rings. The number of nitriles is 1. The Hall–Kier alpha value is -1.33. The molecule has 0 radical (unpaired) electrons. The zero-order valence-corrected chi connectivity index (χ0v) is 8.38. The summed E-state index contributed by atoms with van der Waals surface area (Å²) in [4.78, 5) is 0. The van der Waals surface area contributed by atoms with Crippen molar-refractivity contribution in [3.8, 4) is 6.07 Å². The van der Waals surface area contributed by atoms with E-state index in [9.17, 15) is 0 Å². The SMILES string of the molecule is Cc1cc(C#N)cc2c1CCCC2N. The van der Waals surface area contributed by atoms with E-state index in [0.717, 1.165) is 18.4 Å². The molecule has 2 N–H and O–H groups in total. The van der Waals surface area contributed by atoms with Gasteiger partial charge in [0.2, 0.25) is 0 Å². The zero-order chi connectivity index (χ0) is 10.1. The van der Waals surface area contributed by atoms with Crippen molar-refractivity contribution in [1.82, 2.24) is 0 Å². The average Bonchev–Trinajstić information content (AvgIpc) is 2.19. The van der Waals surface area contributed by atoms with Gasteiger partial charge >= 0.3 is 0 Å². The van der Waals surface area contributed by atoms with Gasteiger partial charge in [-0.3, -0.25) is 0 Å². The van der Waals surface area contributed by atoms with Crippen LogP contribution in [0.25, 0.3) is 0 Å². The van der Waals surface area contributed by atoms with Gasteiger partial charge in [-0.05, 0) is 55.0 Å². The van der Waals surface area contributed by atoms with Gasteiger partial charge in [0.1, 0.15) is 0 Å². The second kappa shape index (κ2) is 3.43. The van der Waals surface area contributed by atoms with Crippen LogP contribution in [0.5, 0.6) is 0 Å². The molecule has 0 fully saturated rings. The highest BCUT2D eigenvalue weighted by Gasteiger charge is 2.18. The minimum absolute atomic E-state index is 0.130. The summed E-state index contributed by atoms with van der Waals surface area (Å²) in [5, 5.41) is 8.86. The molecule has 2 nitrogen and oxygen atoms in total. The summed E-state index contributed by atoms with van der Waals surface area (Å²) in [6.07, 6.45) is 3.32. The number of hydrogen-bond donors (Lipinski definition) is 1. The Morgan fingerprint density at radius 1 is 1.50 bits per heavy atom. The predicted octanol–water partition coefficient (Wildman–Crippen LogP) is 2.20. The Morgan fingerprint density at radius 3 is 3.00 bits per heavy atom. The van der Waals surface area contributed by atoms with Crippen molar-refractivity contribution in [2.45, 2.75) is 32.2 Å². The maximum Gasteiger partial charge on any atom is 0.0991 e. The fraction of sp³-hybridized carbons (Fsp3) is 0.417. The van der Waals surface area contributed by atoms with Crippen molar-refractivity contribution < 1.29 is 0 Å². The van der Waals surface area contributed by atoms with Crippen LogP contribution in [0.15, 0.2) is 12.1 Å². The second-order valence-electron chi connectivity index (χ2n) is 3.97. The normalized spacial score (nSPS) is 19.9. The van der Waals surface area contributed by atoms with Crippen LogP contribution in [0.2, 0.25) is 0 Å². The molecular weight excluding hydrogens is 172 g/mol. The topological polar surface area (TPSA) is 49.8 Å². The van der Waals surface area contributed by atoms with Crippen LogP contribution < -0.4 is 5.73 Å². The third-order valence-corrected chi connectivity index (χ3v) is 2.98. The van der Waals surface area contributed by atoms with Crippen molar-refractivity contribution >= 4 is 0 Å². The molecule has 0 bridgehead atoms. The third kappa shape index (κ3) is 1.40. The van der Waals surface area contributed by atoms with E-state index in [2.05, 4.69) is 13.0 Å². The predicted molar refractivity (Wildman–Crippen MR) is 55.8 cm³/mol. The summed E-state index contributed by atoms with van der Waals surface area (Å²) >= 11 is 0. The van der Waals surface area contributed by atoms with Gasteiger partial charge < -0.3 is 5.73 Å². The summed E-state index contributed by atoms with van der Waals surface area (Å²) < 4.78 is 0. The van der Waals surface area contributed by atoms with Gasteiger partial charge in [-0.15, -0.1) is 0 Å². The number of nitrogens with two attached hydrogens (primary N) is 1. The number of benzene rings is 1. The van der Waals surface area contributed by atoms with Gasteiger partial charge in [0.25, 0.3) is 0 Å². The first-order chi connectivity index (χ1) is 6.72. The molecule has 72 valence electrons. The number of rotatable bonds is 0. The van der Waals surface area contributed by atoms with Crippen LogP contribution in [0.4, 0.5) is 0 Å². The Balaban J connectivity index is 2.58. The van der Waals surface area contributed by atoms with Crippen LogP contribution in [-0.4, -0.2) is 0 Å². The smallest absolute Gasteiger partial charge is 0.0991 e. The van der Waals surface area contributed by atoms with E-state index >= 15 is 0 Å². The lowest BCUT2D eigenvalue weighted by atomic mass is 9.84. The molecule has 0 aliphatic heterocycles. The van der Waals surface area contributed by atoms with Gasteiger partial charge in [0, 0.05) is 6.04 Å². The van der Waals surface area contributed by atoms with Gasteiger partial charge in [-0.1, -0.05) is 0 Å². The van der Waals surface area contributed by atoms with Gasteiger partial charge in [0.15, 0.2) is 0 Å². The maximum absolute atomic E-state index is 8.86. The molecule has 0 amide bonds. The van der Waals surface area contributed by atoms with E-state index < -0.39 is 0 Å². The molecule has 0 heterocycles. The van der Waals surface area contributed by atoms with E-state index in [1.165, 1.54) is 23.1 Å². The number of hydrogen-bond acceptors (Lipinski definition) is 2. The lowest BCUT2D eigenvalue weighted by molar-refractivity contribution is 0.568. The fourth-order valence-corrected chi connectivity index (χ4v) is 2.24. The molecule has 1 atom stereocenters. The molecule has 1 aromatic carbocycles. The summed E-state index contributed by atoms with van der Waals surface area (Å²) in [6, 6.07) is 6.22. The highest BCUT2D eigenvalue weighted by Crippen LogP contribution is 2.30. The molecule has 1 unspecified atom stereocenters. The molecule has 1 aromatic rings. The Bertz CT molecular complexity index is 402. The Kier molecular flexibility index (Phi) is 2.26. The van der Waals surface area contributed by atoms with Crippen molar-refractivity contribution in [2.75, 3.05) is 0 Å². The highest BCUT2D eigenvalue weighted by atomic mass is 14.6. The first-order valence-corrected chi connectivity index (χ1v) is 5.01. The second-order valence-corrected chi connectivity index (χ2v) is 3.97. The van der Waals surface area contributed by atoms with E-state index in [1.807, 2.05) is 12.1 Å². The molecule has 0 saturated heterocycles. The van der Waals surface area contributed by atoms with Gasteiger partial charge in [0.05, 0.1) is 11.6 Å².